The van der Waals surface area contributed by atoms with Gasteiger partial charge in [-0.05, 0) is 35.0 Å². The molecule has 7 heteroatoms. The Kier molecular flexibility index (Phi) is 6.78. The predicted octanol–water partition coefficient (Wildman–Crippen LogP) is 1.64. The van der Waals surface area contributed by atoms with Crippen LogP contribution in [0.15, 0.2) is 20.9 Å². The van der Waals surface area contributed by atoms with E-state index < -0.39 is 0 Å². The molecule has 0 aromatic carbocycles. The largest absolute Gasteiger partial charge is 0.379 e. The Balaban J connectivity index is 1.58. The smallest absolute Gasteiger partial charge is 0.188 e. The lowest BCUT2D eigenvalue weighted by Gasteiger charge is -2.26. The van der Waals surface area contributed by atoms with Crippen molar-refractivity contribution in [3.05, 3.63) is 20.8 Å². The third-order valence-corrected chi connectivity index (χ3v) is 4.77. The predicted molar refractivity (Wildman–Crippen MR) is 87.2 cm³/mol. The number of nitrogens with zero attached hydrogens (tertiary/aromatic N) is 2. The van der Waals surface area contributed by atoms with Gasteiger partial charge in [0.2, 0.25) is 0 Å². The molecule has 1 saturated heterocycles. The summed E-state index contributed by atoms with van der Waals surface area (Å²) >= 11 is 5.11. The Morgan fingerprint density at radius 3 is 3.00 bits per heavy atom. The third kappa shape index (κ3) is 5.78. The highest BCUT2D eigenvalue weighted by atomic mass is 79.9. The van der Waals surface area contributed by atoms with Crippen LogP contribution in [0.5, 0.6) is 0 Å². The molecule has 0 amide bonds. The topological polar surface area (TPSA) is 62.9 Å². The summed E-state index contributed by atoms with van der Waals surface area (Å²) in [5, 5.41) is 5.21. The van der Waals surface area contributed by atoms with Crippen molar-refractivity contribution < 1.29 is 4.74 Å². The minimum atomic E-state index is 0.525. The van der Waals surface area contributed by atoms with E-state index in [9.17, 15) is 0 Å². The van der Waals surface area contributed by atoms with Crippen LogP contribution in [0.3, 0.4) is 0 Å². The second-order valence-electron chi connectivity index (χ2n) is 4.67. The number of hydrogen-bond donors (Lipinski definition) is 2. The van der Waals surface area contributed by atoms with E-state index in [2.05, 4.69) is 42.6 Å². The monoisotopic (exact) mass is 360 g/mol. The Hall–Kier alpha value is -0.630. The molecule has 1 aliphatic heterocycles. The van der Waals surface area contributed by atoms with Gasteiger partial charge in [-0.15, -0.1) is 11.3 Å². The zero-order valence-electron chi connectivity index (χ0n) is 11.5. The van der Waals surface area contributed by atoms with Crippen LogP contribution in [-0.4, -0.2) is 50.3 Å². The van der Waals surface area contributed by atoms with Crippen LogP contribution in [0.25, 0.3) is 0 Å². The van der Waals surface area contributed by atoms with Gasteiger partial charge in [0.25, 0.3) is 0 Å². The van der Waals surface area contributed by atoms with Gasteiger partial charge in [-0.1, -0.05) is 0 Å². The van der Waals surface area contributed by atoms with Crippen molar-refractivity contribution >= 4 is 33.2 Å². The molecule has 1 aliphatic rings. The highest BCUT2D eigenvalue weighted by Crippen LogP contribution is 2.20. The number of aliphatic imine (C=N–C) groups is 1. The van der Waals surface area contributed by atoms with Crippen molar-refractivity contribution in [3.8, 4) is 0 Å². The van der Waals surface area contributed by atoms with E-state index in [0.29, 0.717) is 12.5 Å². The number of thiophene rings is 1. The number of guanidine groups is 1. The molecule has 0 saturated carbocycles. The SMILES string of the molecule is NC(=NCc1cc(Br)cs1)NCCCN1CCOCC1. The summed E-state index contributed by atoms with van der Waals surface area (Å²) in [5.74, 6) is 0.525. The quantitative estimate of drug-likeness (QED) is 0.459. The van der Waals surface area contributed by atoms with E-state index in [0.717, 1.165) is 50.3 Å². The Morgan fingerprint density at radius 1 is 1.50 bits per heavy atom. The molecular weight excluding hydrogens is 340 g/mol. The van der Waals surface area contributed by atoms with E-state index >= 15 is 0 Å². The molecule has 3 N–H and O–H groups in total. The van der Waals surface area contributed by atoms with Crippen molar-refractivity contribution in [1.29, 1.82) is 0 Å². The fourth-order valence-electron chi connectivity index (χ4n) is 2.00. The number of ether oxygens (including phenoxy) is 1. The molecule has 0 bridgehead atoms. The normalized spacial score (nSPS) is 17.4. The minimum absolute atomic E-state index is 0.525. The fourth-order valence-corrected chi connectivity index (χ4v) is 3.37. The lowest BCUT2D eigenvalue weighted by Crippen LogP contribution is -2.39. The number of morpholine rings is 1. The van der Waals surface area contributed by atoms with Crippen molar-refractivity contribution in [2.24, 2.45) is 10.7 Å². The summed E-state index contributed by atoms with van der Waals surface area (Å²) in [5.41, 5.74) is 5.85. The number of rotatable bonds is 6. The van der Waals surface area contributed by atoms with Gasteiger partial charge < -0.3 is 15.8 Å². The summed E-state index contributed by atoms with van der Waals surface area (Å²) in [6.45, 7) is 6.37. The maximum Gasteiger partial charge on any atom is 0.188 e. The first-order valence-corrected chi connectivity index (χ1v) is 8.48. The Labute approximate surface area is 132 Å². The van der Waals surface area contributed by atoms with E-state index in [4.69, 9.17) is 10.5 Å². The zero-order chi connectivity index (χ0) is 14.2. The Morgan fingerprint density at radius 2 is 2.30 bits per heavy atom. The van der Waals surface area contributed by atoms with E-state index in [1.165, 1.54) is 4.88 Å². The van der Waals surface area contributed by atoms with Crippen LogP contribution in [0.1, 0.15) is 11.3 Å². The number of halogens is 1. The molecule has 0 atom stereocenters. The number of hydrogen-bond acceptors (Lipinski definition) is 4. The second kappa shape index (κ2) is 8.61. The molecule has 0 aliphatic carbocycles. The first-order valence-electron chi connectivity index (χ1n) is 6.81. The maximum absolute atomic E-state index is 5.85. The molecule has 2 rings (SSSR count). The van der Waals surface area contributed by atoms with Gasteiger partial charge in [-0.25, -0.2) is 4.99 Å². The standard InChI is InChI=1S/C13H21BrN4OS/c14-11-8-12(20-10-11)9-17-13(15)16-2-1-3-18-4-6-19-7-5-18/h8,10H,1-7,9H2,(H3,15,16,17). The molecule has 1 aromatic rings. The van der Waals surface area contributed by atoms with Crippen LogP contribution in [0.2, 0.25) is 0 Å². The third-order valence-electron chi connectivity index (χ3n) is 3.09. The Bertz CT molecular complexity index is 432. The average Bonchev–Trinajstić information content (AvgIpc) is 2.88. The summed E-state index contributed by atoms with van der Waals surface area (Å²) in [6, 6.07) is 2.07. The molecule has 2 heterocycles. The van der Waals surface area contributed by atoms with E-state index in [-0.39, 0.29) is 0 Å². The molecular formula is C13H21BrN4OS. The summed E-state index contributed by atoms with van der Waals surface area (Å²) in [7, 11) is 0. The van der Waals surface area contributed by atoms with Gasteiger partial charge in [-0.3, -0.25) is 4.90 Å². The zero-order valence-corrected chi connectivity index (χ0v) is 13.9. The molecule has 0 radical (unpaired) electrons. The van der Waals surface area contributed by atoms with Crippen molar-refractivity contribution in [2.45, 2.75) is 13.0 Å². The highest BCUT2D eigenvalue weighted by molar-refractivity contribution is 9.10. The van der Waals surface area contributed by atoms with Crippen LogP contribution in [0.4, 0.5) is 0 Å². The van der Waals surface area contributed by atoms with Crippen LogP contribution < -0.4 is 11.1 Å². The number of nitrogens with two attached hydrogens (primary N) is 1. The van der Waals surface area contributed by atoms with Gasteiger partial charge >= 0.3 is 0 Å². The average molecular weight is 361 g/mol. The van der Waals surface area contributed by atoms with Gasteiger partial charge in [0.1, 0.15) is 0 Å². The molecule has 1 aromatic heterocycles. The lowest BCUT2D eigenvalue weighted by molar-refractivity contribution is 0.0376. The van der Waals surface area contributed by atoms with Gasteiger partial charge in [-0.2, -0.15) is 0 Å². The highest BCUT2D eigenvalue weighted by Gasteiger charge is 2.08. The summed E-state index contributed by atoms with van der Waals surface area (Å²) < 4.78 is 6.42. The molecule has 1 fully saturated rings. The summed E-state index contributed by atoms with van der Waals surface area (Å²) in [6.07, 6.45) is 1.07. The molecule has 112 valence electrons. The minimum Gasteiger partial charge on any atom is -0.379 e. The molecule has 0 spiro atoms. The van der Waals surface area contributed by atoms with E-state index in [1.807, 2.05) is 0 Å². The lowest BCUT2D eigenvalue weighted by atomic mass is 10.3. The fraction of sp³-hybridized carbons (Fsp3) is 0.615. The van der Waals surface area contributed by atoms with E-state index in [1.54, 1.807) is 11.3 Å². The summed E-state index contributed by atoms with van der Waals surface area (Å²) in [4.78, 5) is 7.95. The van der Waals surface area contributed by atoms with Crippen molar-refractivity contribution in [1.82, 2.24) is 10.2 Å². The molecule has 0 unspecified atom stereocenters. The van der Waals surface area contributed by atoms with Gasteiger partial charge in [0.15, 0.2) is 5.96 Å². The van der Waals surface area contributed by atoms with Crippen LogP contribution in [0, 0.1) is 0 Å². The van der Waals surface area contributed by atoms with Crippen LogP contribution >= 0.6 is 27.3 Å². The molecule has 20 heavy (non-hydrogen) atoms. The number of nitrogens with one attached hydrogen (secondary N) is 1. The first-order chi connectivity index (χ1) is 9.74. The van der Waals surface area contributed by atoms with Crippen molar-refractivity contribution in [3.63, 3.8) is 0 Å². The maximum atomic E-state index is 5.85. The van der Waals surface area contributed by atoms with Crippen LogP contribution in [-0.2, 0) is 11.3 Å². The first kappa shape index (κ1) is 15.8. The van der Waals surface area contributed by atoms with Crippen molar-refractivity contribution in [2.75, 3.05) is 39.4 Å². The van der Waals surface area contributed by atoms with Gasteiger partial charge in [0, 0.05) is 34.4 Å². The van der Waals surface area contributed by atoms with Gasteiger partial charge in [0.05, 0.1) is 19.8 Å². The molecule has 5 nitrogen and oxygen atoms in total. The second-order valence-corrected chi connectivity index (χ2v) is 6.58.